The molecular weight excluding hydrogens is 256 g/mol. The molecule has 3 N–H and O–H groups in total. The minimum atomic E-state index is -0.0926. The highest BCUT2D eigenvalue weighted by atomic mass is 16.1. The van der Waals surface area contributed by atoms with Crippen LogP contribution in [0.1, 0.15) is 19.3 Å². The zero-order valence-electron chi connectivity index (χ0n) is 10.9. The van der Waals surface area contributed by atoms with Gasteiger partial charge in [0.15, 0.2) is 5.82 Å². The highest BCUT2D eigenvalue weighted by Gasteiger charge is 2.30. The Hall–Kier alpha value is -2.28. The minimum absolute atomic E-state index is 0.0229. The molecule has 1 amide bonds. The SMILES string of the molecule is NC1CCCC1C(=O)Nc1ccc(-n2cncn2)nc1. The van der Waals surface area contributed by atoms with Gasteiger partial charge >= 0.3 is 0 Å². The van der Waals surface area contributed by atoms with E-state index in [1.165, 1.54) is 6.33 Å². The molecule has 2 heterocycles. The molecule has 0 aromatic carbocycles. The largest absolute Gasteiger partial charge is 0.327 e. The number of amides is 1. The molecule has 1 aliphatic carbocycles. The Morgan fingerprint density at radius 2 is 2.30 bits per heavy atom. The van der Waals surface area contributed by atoms with Crippen LogP contribution in [0.25, 0.3) is 5.82 Å². The van der Waals surface area contributed by atoms with E-state index >= 15 is 0 Å². The second kappa shape index (κ2) is 5.38. The first-order valence-corrected chi connectivity index (χ1v) is 6.61. The molecule has 3 rings (SSSR count). The van der Waals surface area contributed by atoms with Crippen molar-refractivity contribution in [2.75, 3.05) is 5.32 Å². The maximum absolute atomic E-state index is 12.1. The lowest BCUT2D eigenvalue weighted by Crippen LogP contribution is -2.34. The van der Waals surface area contributed by atoms with E-state index in [0.29, 0.717) is 11.5 Å². The molecule has 2 aromatic heterocycles. The molecule has 0 radical (unpaired) electrons. The predicted molar refractivity (Wildman–Crippen MR) is 73.1 cm³/mol. The number of carbonyl (C=O) groups is 1. The molecule has 20 heavy (non-hydrogen) atoms. The number of pyridine rings is 1. The fraction of sp³-hybridized carbons (Fsp3) is 0.385. The second-order valence-corrected chi connectivity index (χ2v) is 4.94. The van der Waals surface area contributed by atoms with E-state index in [0.717, 1.165) is 19.3 Å². The molecule has 0 saturated heterocycles. The maximum Gasteiger partial charge on any atom is 0.229 e. The second-order valence-electron chi connectivity index (χ2n) is 4.94. The van der Waals surface area contributed by atoms with E-state index in [1.807, 2.05) is 0 Å². The van der Waals surface area contributed by atoms with Gasteiger partial charge in [-0.1, -0.05) is 6.42 Å². The van der Waals surface area contributed by atoms with Crippen LogP contribution in [0.2, 0.25) is 0 Å². The molecular formula is C13H16N6O. The van der Waals surface area contributed by atoms with Crippen molar-refractivity contribution in [3.8, 4) is 5.82 Å². The van der Waals surface area contributed by atoms with Gasteiger partial charge in [-0.05, 0) is 25.0 Å². The van der Waals surface area contributed by atoms with Gasteiger partial charge in [0.1, 0.15) is 12.7 Å². The zero-order valence-corrected chi connectivity index (χ0v) is 10.9. The number of nitrogens with two attached hydrogens (primary N) is 1. The Kier molecular flexibility index (Phi) is 3.42. The van der Waals surface area contributed by atoms with E-state index in [-0.39, 0.29) is 17.9 Å². The van der Waals surface area contributed by atoms with Crippen molar-refractivity contribution in [3.63, 3.8) is 0 Å². The highest BCUT2D eigenvalue weighted by Crippen LogP contribution is 2.25. The van der Waals surface area contributed by atoms with Crippen LogP contribution >= 0.6 is 0 Å². The third-order valence-corrected chi connectivity index (χ3v) is 3.58. The molecule has 7 heteroatoms. The summed E-state index contributed by atoms with van der Waals surface area (Å²) in [5.74, 6) is 0.536. The fourth-order valence-electron chi connectivity index (χ4n) is 2.47. The topological polar surface area (TPSA) is 98.7 Å². The first-order chi connectivity index (χ1) is 9.74. The maximum atomic E-state index is 12.1. The van der Waals surface area contributed by atoms with Gasteiger partial charge in [0.05, 0.1) is 17.8 Å². The smallest absolute Gasteiger partial charge is 0.229 e. The standard InChI is InChI=1S/C13H16N6O/c14-11-3-1-2-10(11)13(20)18-9-4-5-12(16-6-9)19-8-15-7-17-19/h4-8,10-11H,1-3,14H2,(H,18,20). The summed E-state index contributed by atoms with van der Waals surface area (Å²) < 4.78 is 1.55. The molecule has 0 bridgehead atoms. The van der Waals surface area contributed by atoms with Gasteiger partial charge in [-0.25, -0.2) is 14.6 Å². The summed E-state index contributed by atoms with van der Waals surface area (Å²) in [7, 11) is 0. The van der Waals surface area contributed by atoms with Gasteiger partial charge in [0, 0.05) is 6.04 Å². The van der Waals surface area contributed by atoms with E-state index in [4.69, 9.17) is 5.73 Å². The van der Waals surface area contributed by atoms with Gasteiger partial charge in [0.25, 0.3) is 0 Å². The Balaban J connectivity index is 1.68. The molecule has 0 spiro atoms. The van der Waals surface area contributed by atoms with E-state index in [2.05, 4.69) is 20.4 Å². The fourth-order valence-corrected chi connectivity index (χ4v) is 2.47. The number of rotatable bonds is 3. The number of nitrogens with zero attached hydrogens (tertiary/aromatic N) is 4. The summed E-state index contributed by atoms with van der Waals surface area (Å²) in [6.07, 6.45) is 7.41. The molecule has 2 aromatic rings. The molecule has 2 atom stereocenters. The number of carbonyl (C=O) groups excluding carboxylic acids is 1. The number of hydrogen-bond donors (Lipinski definition) is 2. The Morgan fingerprint density at radius 1 is 1.40 bits per heavy atom. The van der Waals surface area contributed by atoms with Gasteiger partial charge in [-0.15, -0.1) is 0 Å². The van der Waals surface area contributed by atoms with Crippen LogP contribution in [0.5, 0.6) is 0 Å². The first-order valence-electron chi connectivity index (χ1n) is 6.61. The number of anilines is 1. The quantitative estimate of drug-likeness (QED) is 0.858. The van der Waals surface area contributed by atoms with E-state index in [9.17, 15) is 4.79 Å². The summed E-state index contributed by atoms with van der Waals surface area (Å²) in [6.45, 7) is 0. The van der Waals surface area contributed by atoms with Crippen LogP contribution in [0.3, 0.4) is 0 Å². The minimum Gasteiger partial charge on any atom is -0.327 e. The van der Waals surface area contributed by atoms with Crippen molar-refractivity contribution in [3.05, 3.63) is 31.0 Å². The Labute approximate surface area is 116 Å². The molecule has 1 fully saturated rings. The van der Waals surface area contributed by atoms with E-state index < -0.39 is 0 Å². The summed E-state index contributed by atoms with van der Waals surface area (Å²) >= 11 is 0. The lowest BCUT2D eigenvalue weighted by Gasteiger charge is -2.15. The summed E-state index contributed by atoms with van der Waals surface area (Å²) in [4.78, 5) is 20.2. The lowest BCUT2D eigenvalue weighted by molar-refractivity contribution is -0.120. The molecule has 7 nitrogen and oxygen atoms in total. The Bertz CT molecular complexity index is 579. The molecule has 1 aliphatic rings. The van der Waals surface area contributed by atoms with Crippen LogP contribution in [0.15, 0.2) is 31.0 Å². The lowest BCUT2D eigenvalue weighted by atomic mass is 10.0. The molecule has 2 unspecified atom stereocenters. The summed E-state index contributed by atoms with van der Waals surface area (Å²) in [6, 6.07) is 3.54. The average molecular weight is 272 g/mol. The van der Waals surface area contributed by atoms with Gasteiger partial charge in [-0.3, -0.25) is 4.79 Å². The number of aromatic nitrogens is 4. The number of nitrogens with one attached hydrogen (secondary N) is 1. The molecule has 1 saturated carbocycles. The molecule has 104 valence electrons. The third kappa shape index (κ3) is 2.53. The third-order valence-electron chi connectivity index (χ3n) is 3.58. The zero-order chi connectivity index (χ0) is 13.9. The van der Waals surface area contributed by atoms with Crippen molar-refractivity contribution in [2.24, 2.45) is 11.7 Å². The number of hydrogen-bond acceptors (Lipinski definition) is 5. The predicted octanol–water partition coefficient (Wildman–Crippen LogP) is 0.728. The monoisotopic (exact) mass is 272 g/mol. The van der Waals surface area contributed by atoms with Crippen LogP contribution in [-0.2, 0) is 4.79 Å². The first kappa shape index (κ1) is 12.7. The summed E-state index contributed by atoms with van der Waals surface area (Å²) in [5, 5.41) is 6.85. The van der Waals surface area contributed by atoms with Crippen molar-refractivity contribution in [2.45, 2.75) is 25.3 Å². The van der Waals surface area contributed by atoms with Crippen LogP contribution in [0.4, 0.5) is 5.69 Å². The van der Waals surface area contributed by atoms with Crippen molar-refractivity contribution in [1.82, 2.24) is 19.7 Å². The van der Waals surface area contributed by atoms with Gasteiger partial charge in [0.2, 0.25) is 5.91 Å². The van der Waals surface area contributed by atoms with Gasteiger partial charge < -0.3 is 11.1 Å². The van der Waals surface area contributed by atoms with Crippen molar-refractivity contribution in [1.29, 1.82) is 0 Å². The normalized spacial score (nSPS) is 21.9. The van der Waals surface area contributed by atoms with E-state index in [1.54, 1.807) is 29.3 Å². The van der Waals surface area contributed by atoms with Crippen molar-refractivity contribution >= 4 is 11.6 Å². The van der Waals surface area contributed by atoms with Gasteiger partial charge in [-0.2, -0.15) is 5.10 Å². The average Bonchev–Trinajstić information content (AvgIpc) is 3.10. The van der Waals surface area contributed by atoms with Crippen LogP contribution in [0, 0.1) is 5.92 Å². The van der Waals surface area contributed by atoms with Crippen LogP contribution in [-0.4, -0.2) is 31.7 Å². The molecule has 0 aliphatic heterocycles. The Morgan fingerprint density at radius 3 is 2.90 bits per heavy atom. The van der Waals surface area contributed by atoms with Crippen LogP contribution < -0.4 is 11.1 Å². The summed E-state index contributed by atoms with van der Waals surface area (Å²) in [5.41, 5.74) is 6.59. The van der Waals surface area contributed by atoms with Crippen molar-refractivity contribution < 1.29 is 4.79 Å². The highest BCUT2D eigenvalue weighted by molar-refractivity contribution is 5.93.